The molecule has 104 valence electrons. The van der Waals surface area contributed by atoms with E-state index in [0.29, 0.717) is 32.4 Å². The summed E-state index contributed by atoms with van der Waals surface area (Å²) in [5.74, 6) is -1.07. The molecule has 0 aliphatic carbocycles. The van der Waals surface area contributed by atoms with Crippen molar-refractivity contribution in [3.63, 3.8) is 0 Å². The van der Waals surface area contributed by atoms with Crippen molar-refractivity contribution >= 4 is 12.0 Å². The molecule has 0 spiro atoms. The zero-order valence-electron chi connectivity index (χ0n) is 11.2. The molecule has 6 heteroatoms. The van der Waals surface area contributed by atoms with Crippen LogP contribution in [0.15, 0.2) is 0 Å². The molecule has 2 amide bonds. The molecule has 1 fully saturated rings. The molecular weight excluding hydrogens is 236 g/mol. The smallest absolute Gasteiger partial charge is 0.328 e. The van der Waals surface area contributed by atoms with Gasteiger partial charge in [0.1, 0.15) is 5.54 Å². The number of nitrogens with one attached hydrogen (secondary N) is 1. The van der Waals surface area contributed by atoms with Crippen LogP contribution >= 0.6 is 0 Å². The normalized spacial score (nSPS) is 25.4. The van der Waals surface area contributed by atoms with Crippen LogP contribution in [0, 0.1) is 0 Å². The van der Waals surface area contributed by atoms with Gasteiger partial charge in [-0.25, -0.2) is 9.59 Å². The maximum atomic E-state index is 12.0. The second-order valence-corrected chi connectivity index (χ2v) is 5.70. The summed E-state index contributed by atoms with van der Waals surface area (Å²) < 4.78 is 0. The minimum atomic E-state index is -1.29. The Balaban J connectivity index is 2.60. The van der Waals surface area contributed by atoms with Crippen molar-refractivity contribution < 1.29 is 19.8 Å². The molecule has 18 heavy (non-hydrogen) atoms. The zero-order chi connectivity index (χ0) is 14.0. The third kappa shape index (κ3) is 3.87. The van der Waals surface area contributed by atoms with Crippen molar-refractivity contribution in [2.75, 3.05) is 13.1 Å². The fourth-order valence-electron chi connectivity index (χ4n) is 1.87. The lowest BCUT2D eigenvalue weighted by atomic mass is 9.98. The molecule has 6 nitrogen and oxygen atoms in total. The summed E-state index contributed by atoms with van der Waals surface area (Å²) in [6.45, 7) is 5.63. The van der Waals surface area contributed by atoms with Gasteiger partial charge in [0.25, 0.3) is 0 Å². The Morgan fingerprint density at radius 2 is 1.89 bits per heavy atom. The largest absolute Gasteiger partial charge is 0.480 e. The number of urea groups is 1. The molecule has 0 bridgehead atoms. The van der Waals surface area contributed by atoms with Gasteiger partial charge in [0.05, 0.1) is 5.60 Å². The van der Waals surface area contributed by atoms with E-state index < -0.39 is 17.1 Å². The predicted octanol–water partition coefficient (Wildman–Crippen LogP) is 0.796. The Kier molecular flexibility index (Phi) is 4.21. The summed E-state index contributed by atoms with van der Waals surface area (Å²) in [6, 6.07) is -0.389. The Morgan fingerprint density at radius 1 is 1.28 bits per heavy atom. The van der Waals surface area contributed by atoms with E-state index in [1.54, 1.807) is 11.8 Å². The van der Waals surface area contributed by atoms with Crippen LogP contribution in [0.4, 0.5) is 4.79 Å². The van der Waals surface area contributed by atoms with Crippen LogP contribution in [0.25, 0.3) is 0 Å². The van der Waals surface area contributed by atoms with Crippen LogP contribution in [0.5, 0.6) is 0 Å². The van der Waals surface area contributed by atoms with E-state index >= 15 is 0 Å². The van der Waals surface area contributed by atoms with Crippen molar-refractivity contribution in [3.8, 4) is 0 Å². The van der Waals surface area contributed by atoms with Crippen LogP contribution in [-0.2, 0) is 4.79 Å². The van der Waals surface area contributed by atoms with Gasteiger partial charge in [-0.3, -0.25) is 0 Å². The lowest BCUT2D eigenvalue weighted by Gasteiger charge is -2.27. The number of carbonyl (C=O) groups is 2. The van der Waals surface area contributed by atoms with E-state index in [0.717, 1.165) is 0 Å². The standard InChI is InChI=1S/C12H22N2O4/c1-11(2,9(15)16)13-10(17)14-7-4-5-12(3,18)6-8-14/h18H,4-8H2,1-3H3,(H,13,17)(H,15,16). The third-order valence-electron chi connectivity index (χ3n) is 3.30. The average Bonchev–Trinajstić information content (AvgIpc) is 2.38. The summed E-state index contributed by atoms with van der Waals surface area (Å²) >= 11 is 0. The molecule has 1 aliphatic heterocycles. The summed E-state index contributed by atoms with van der Waals surface area (Å²) in [7, 11) is 0. The summed E-state index contributed by atoms with van der Waals surface area (Å²) in [5, 5.41) is 21.4. The van der Waals surface area contributed by atoms with Crippen molar-refractivity contribution in [1.29, 1.82) is 0 Å². The van der Waals surface area contributed by atoms with Crippen LogP contribution in [0.2, 0.25) is 0 Å². The molecular formula is C12H22N2O4. The molecule has 3 N–H and O–H groups in total. The van der Waals surface area contributed by atoms with Gasteiger partial charge >= 0.3 is 12.0 Å². The van der Waals surface area contributed by atoms with Crippen molar-refractivity contribution in [2.24, 2.45) is 0 Å². The van der Waals surface area contributed by atoms with Gasteiger partial charge in [-0.05, 0) is 40.0 Å². The van der Waals surface area contributed by atoms with E-state index in [-0.39, 0.29) is 6.03 Å². The number of hydrogen-bond acceptors (Lipinski definition) is 3. The van der Waals surface area contributed by atoms with Crippen molar-refractivity contribution in [3.05, 3.63) is 0 Å². The van der Waals surface area contributed by atoms with Crippen molar-refractivity contribution in [2.45, 2.75) is 51.2 Å². The van der Waals surface area contributed by atoms with Crippen LogP contribution in [-0.4, -0.2) is 51.3 Å². The van der Waals surface area contributed by atoms with E-state index in [1.165, 1.54) is 13.8 Å². The molecule has 1 unspecified atom stereocenters. The number of hydrogen-bond donors (Lipinski definition) is 3. The molecule has 1 rings (SSSR count). The third-order valence-corrected chi connectivity index (χ3v) is 3.30. The molecule has 0 aromatic carbocycles. The molecule has 0 aromatic heterocycles. The molecule has 1 saturated heterocycles. The number of nitrogens with zero attached hydrogens (tertiary/aromatic N) is 1. The first kappa shape index (κ1) is 14.8. The van der Waals surface area contributed by atoms with Gasteiger partial charge in [-0.1, -0.05) is 0 Å². The number of likely N-dealkylation sites (tertiary alicyclic amines) is 1. The molecule has 1 heterocycles. The fourth-order valence-corrected chi connectivity index (χ4v) is 1.87. The SMILES string of the molecule is CC1(O)CCCN(C(=O)NC(C)(C)C(=O)O)CC1. The second kappa shape index (κ2) is 5.14. The number of aliphatic carboxylic acids is 1. The summed E-state index contributed by atoms with van der Waals surface area (Å²) in [4.78, 5) is 24.5. The Hall–Kier alpha value is -1.30. The first-order chi connectivity index (χ1) is 8.14. The number of carbonyl (C=O) groups excluding carboxylic acids is 1. The van der Waals surface area contributed by atoms with Crippen molar-refractivity contribution in [1.82, 2.24) is 10.2 Å². The highest BCUT2D eigenvalue weighted by Crippen LogP contribution is 2.21. The number of rotatable bonds is 2. The van der Waals surface area contributed by atoms with Gasteiger partial charge in [-0.15, -0.1) is 0 Å². The molecule has 1 aliphatic rings. The minimum absolute atomic E-state index is 0.389. The topological polar surface area (TPSA) is 89.9 Å². The highest BCUT2D eigenvalue weighted by atomic mass is 16.4. The van der Waals surface area contributed by atoms with E-state index in [4.69, 9.17) is 5.11 Å². The monoisotopic (exact) mass is 258 g/mol. The van der Waals surface area contributed by atoms with Gasteiger partial charge < -0.3 is 20.4 Å². The van der Waals surface area contributed by atoms with Gasteiger partial charge in [0.15, 0.2) is 0 Å². The number of aliphatic hydroxyl groups is 1. The average molecular weight is 258 g/mol. The Labute approximate surface area is 107 Å². The highest BCUT2D eigenvalue weighted by Gasteiger charge is 2.32. The first-order valence-electron chi connectivity index (χ1n) is 6.17. The van der Waals surface area contributed by atoms with Crippen LogP contribution in [0.3, 0.4) is 0 Å². The zero-order valence-corrected chi connectivity index (χ0v) is 11.2. The lowest BCUT2D eigenvalue weighted by molar-refractivity contribution is -0.143. The highest BCUT2D eigenvalue weighted by molar-refractivity contribution is 5.85. The van der Waals surface area contributed by atoms with Gasteiger partial charge in [-0.2, -0.15) is 0 Å². The number of amides is 2. The molecule has 1 atom stereocenters. The second-order valence-electron chi connectivity index (χ2n) is 5.70. The van der Waals surface area contributed by atoms with E-state index in [2.05, 4.69) is 5.32 Å². The van der Waals surface area contributed by atoms with Crippen LogP contribution in [0.1, 0.15) is 40.0 Å². The lowest BCUT2D eigenvalue weighted by Crippen LogP contribution is -2.54. The fraction of sp³-hybridized carbons (Fsp3) is 0.833. The van der Waals surface area contributed by atoms with Gasteiger partial charge in [0, 0.05) is 13.1 Å². The summed E-state index contributed by atoms with van der Waals surface area (Å²) in [6.07, 6.45) is 1.88. The number of carboxylic acid groups (broad SMARTS) is 1. The Bertz CT molecular complexity index is 339. The van der Waals surface area contributed by atoms with E-state index in [1.807, 2.05) is 0 Å². The maximum Gasteiger partial charge on any atom is 0.328 e. The number of carboxylic acids is 1. The quantitative estimate of drug-likeness (QED) is 0.683. The summed E-state index contributed by atoms with van der Waals surface area (Å²) in [5.41, 5.74) is -2.02. The molecule has 0 aromatic rings. The Morgan fingerprint density at radius 3 is 2.44 bits per heavy atom. The van der Waals surface area contributed by atoms with Gasteiger partial charge in [0.2, 0.25) is 0 Å². The minimum Gasteiger partial charge on any atom is -0.480 e. The first-order valence-corrected chi connectivity index (χ1v) is 6.17. The van der Waals surface area contributed by atoms with Crippen LogP contribution < -0.4 is 5.32 Å². The van der Waals surface area contributed by atoms with E-state index in [9.17, 15) is 14.7 Å². The molecule has 0 radical (unpaired) electrons. The maximum absolute atomic E-state index is 12.0. The predicted molar refractivity (Wildman–Crippen MR) is 66.3 cm³/mol. The molecule has 0 saturated carbocycles.